The molecule has 0 fully saturated rings. The van der Waals surface area contributed by atoms with E-state index in [0.717, 1.165) is 17.4 Å². The van der Waals surface area contributed by atoms with Gasteiger partial charge in [0.1, 0.15) is 6.29 Å². The van der Waals surface area contributed by atoms with E-state index in [-0.39, 0.29) is 10.8 Å². The van der Waals surface area contributed by atoms with E-state index in [1.165, 1.54) is 35.1 Å². The Morgan fingerprint density at radius 3 is 2.00 bits per heavy atom. The van der Waals surface area contributed by atoms with Gasteiger partial charge in [-0.1, -0.05) is 70.7 Å². The van der Waals surface area contributed by atoms with E-state index in [4.69, 9.17) is 0 Å². The summed E-state index contributed by atoms with van der Waals surface area (Å²) in [5, 5.41) is 0. The Kier molecular flexibility index (Phi) is 4.23. The standard InChI is InChI=1S/C24H28O/c1-16-13-21-22(24(5,6)12-11-23(21,3)4)14-20(16)17(2)19-9-7-18(15-25)8-10-19/h7-10,13-15H,2,11-12H2,1,3-6H3. The molecule has 1 aliphatic rings. The van der Waals surface area contributed by atoms with Crippen molar-refractivity contribution in [2.45, 2.75) is 58.3 Å². The van der Waals surface area contributed by atoms with Crippen molar-refractivity contribution >= 4 is 11.9 Å². The zero-order valence-corrected chi connectivity index (χ0v) is 16.1. The minimum absolute atomic E-state index is 0.189. The first kappa shape index (κ1) is 17.7. The van der Waals surface area contributed by atoms with Gasteiger partial charge in [-0.05, 0) is 64.0 Å². The average molecular weight is 332 g/mol. The summed E-state index contributed by atoms with van der Waals surface area (Å²) < 4.78 is 0. The summed E-state index contributed by atoms with van der Waals surface area (Å²) >= 11 is 0. The maximum Gasteiger partial charge on any atom is 0.150 e. The highest BCUT2D eigenvalue weighted by Gasteiger charge is 2.37. The number of hydrogen-bond donors (Lipinski definition) is 0. The van der Waals surface area contributed by atoms with Gasteiger partial charge in [-0.15, -0.1) is 0 Å². The maximum atomic E-state index is 10.9. The van der Waals surface area contributed by atoms with Crippen molar-refractivity contribution in [1.82, 2.24) is 0 Å². The van der Waals surface area contributed by atoms with Crippen LogP contribution in [-0.4, -0.2) is 6.29 Å². The van der Waals surface area contributed by atoms with Gasteiger partial charge in [-0.3, -0.25) is 4.79 Å². The molecule has 1 nitrogen and oxygen atoms in total. The van der Waals surface area contributed by atoms with Crippen LogP contribution in [0.5, 0.6) is 0 Å². The summed E-state index contributed by atoms with van der Waals surface area (Å²) in [6, 6.07) is 12.4. The predicted molar refractivity (Wildman–Crippen MR) is 106 cm³/mol. The Balaban J connectivity index is 2.11. The van der Waals surface area contributed by atoms with Gasteiger partial charge in [0, 0.05) is 5.56 Å². The Morgan fingerprint density at radius 2 is 1.48 bits per heavy atom. The van der Waals surface area contributed by atoms with Crippen LogP contribution in [0.4, 0.5) is 0 Å². The third-order valence-electron chi connectivity index (χ3n) is 5.92. The first-order chi connectivity index (χ1) is 11.7. The molecule has 1 aliphatic carbocycles. The van der Waals surface area contributed by atoms with Crippen molar-refractivity contribution in [1.29, 1.82) is 0 Å². The van der Waals surface area contributed by atoms with Crippen molar-refractivity contribution in [2.24, 2.45) is 0 Å². The van der Waals surface area contributed by atoms with Gasteiger partial charge in [0.05, 0.1) is 0 Å². The van der Waals surface area contributed by atoms with Crippen molar-refractivity contribution in [3.63, 3.8) is 0 Å². The molecule has 0 atom stereocenters. The Morgan fingerprint density at radius 1 is 0.960 bits per heavy atom. The van der Waals surface area contributed by atoms with Crippen molar-refractivity contribution in [3.8, 4) is 0 Å². The highest BCUT2D eigenvalue weighted by Crippen LogP contribution is 2.47. The van der Waals surface area contributed by atoms with Crippen LogP contribution in [0.1, 0.15) is 78.7 Å². The molecule has 0 spiro atoms. The van der Waals surface area contributed by atoms with E-state index in [2.05, 4.69) is 53.3 Å². The van der Waals surface area contributed by atoms with Gasteiger partial charge in [-0.2, -0.15) is 0 Å². The van der Waals surface area contributed by atoms with Crippen LogP contribution in [0, 0.1) is 6.92 Å². The van der Waals surface area contributed by atoms with Crippen molar-refractivity contribution in [3.05, 3.63) is 76.4 Å². The molecule has 25 heavy (non-hydrogen) atoms. The first-order valence-corrected chi connectivity index (χ1v) is 9.06. The second kappa shape index (κ2) is 5.98. The SMILES string of the molecule is C=C(c1ccc(C=O)cc1)c1cc2c(cc1C)C(C)(C)CCC2(C)C. The molecule has 0 bridgehead atoms. The van der Waals surface area contributed by atoms with Crippen LogP contribution in [-0.2, 0) is 10.8 Å². The van der Waals surface area contributed by atoms with E-state index in [9.17, 15) is 4.79 Å². The molecule has 0 radical (unpaired) electrons. The summed E-state index contributed by atoms with van der Waals surface area (Å²) in [6.45, 7) is 15.9. The average Bonchev–Trinajstić information content (AvgIpc) is 2.58. The number of aryl methyl sites for hydroxylation is 1. The lowest BCUT2D eigenvalue weighted by molar-refractivity contribution is 0.112. The van der Waals surface area contributed by atoms with Gasteiger partial charge in [0.2, 0.25) is 0 Å². The highest BCUT2D eigenvalue weighted by atomic mass is 16.1. The van der Waals surface area contributed by atoms with Gasteiger partial charge in [-0.25, -0.2) is 0 Å². The lowest BCUT2D eigenvalue weighted by Crippen LogP contribution is -2.34. The summed E-state index contributed by atoms with van der Waals surface area (Å²) in [5.74, 6) is 0. The fourth-order valence-electron chi connectivity index (χ4n) is 3.97. The van der Waals surface area contributed by atoms with Crippen LogP contribution >= 0.6 is 0 Å². The highest BCUT2D eigenvalue weighted by molar-refractivity contribution is 5.82. The summed E-state index contributed by atoms with van der Waals surface area (Å²) in [6.07, 6.45) is 3.30. The van der Waals surface area contributed by atoms with Gasteiger partial charge in [0.25, 0.3) is 0 Å². The molecular formula is C24H28O. The number of fused-ring (bicyclic) bond motifs is 1. The van der Waals surface area contributed by atoms with Gasteiger partial charge >= 0.3 is 0 Å². The maximum absolute atomic E-state index is 10.9. The molecule has 0 saturated carbocycles. The third-order valence-corrected chi connectivity index (χ3v) is 5.92. The second-order valence-corrected chi connectivity index (χ2v) is 8.70. The minimum Gasteiger partial charge on any atom is -0.298 e. The van der Waals surface area contributed by atoms with Gasteiger partial charge < -0.3 is 0 Å². The number of carbonyl (C=O) groups is 1. The Bertz CT molecular complexity index is 835. The molecule has 3 rings (SSSR count). The fraction of sp³-hybridized carbons (Fsp3) is 0.375. The Labute approximate surface area is 151 Å². The van der Waals surface area contributed by atoms with Crippen LogP contribution in [0.3, 0.4) is 0 Å². The van der Waals surface area contributed by atoms with Crippen LogP contribution in [0.25, 0.3) is 5.57 Å². The smallest absolute Gasteiger partial charge is 0.150 e. The summed E-state index contributed by atoms with van der Waals surface area (Å²) in [7, 11) is 0. The molecular weight excluding hydrogens is 304 g/mol. The van der Waals surface area contributed by atoms with E-state index in [1.54, 1.807) is 0 Å². The Hall–Kier alpha value is -2.15. The molecule has 0 unspecified atom stereocenters. The first-order valence-electron chi connectivity index (χ1n) is 9.06. The monoisotopic (exact) mass is 332 g/mol. The molecule has 2 aromatic rings. The zero-order valence-electron chi connectivity index (χ0n) is 16.1. The molecule has 0 saturated heterocycles. The van der Waals surface area contributed by atoms with Crippen LogP contribution in [0.15, 0.2) is 43.0 Å². The predicted octanol–water partition coefficient (Wildman–Crippen LogP) is 6.22. The topological polar surface area (TPSA) is 17.1 Å². The molecule has 0 aromatic heterocycles. The van der Waals surface area contributed by atoms with Crippen molar-refractivity contribution < 1.29 is 4.79 Å². The molecule has 0 heterocycles. The van der Waals surface area contributed by atoms with Crippen LogP contribution in [0.2, 0.25) is 0 Å². The van der Waals surface area contributed by atoms with Crippen molar-refractivity contribution in [2.75, 3.05) is 0 Å². The molecule has 2 aromatic carbocycles. The number of hydrogen-bond acceptors (Lipinski definition) is 1. The summed E-state index contributed by atoms with van der Waals surface area (Å²) in [5.41, 5.74) is 8.62. The normalized spacial score (nSPS) is 17.6. The molecule has 130 valence electrons. The molecule has 0 amide bonds. The largest absolute Gasteiger partial charge is 0.298 e. The van der Waals surface area contributed by atoms with E-state index >= 15 is 0 Å². The molecule has 0 N–H and O–H groups in total. The quantitative estimate of drug-likeness (QED) is 0.610. The molecule has 1 heteroatoms. The third kappa shape index (κ3) is 3.08. The number of benzene rings is 2. The molecule has 0 aliphatic heterocycles. The van der Waals surface area contributed by atoms with E-state index in [0.29, 0.717) is 5.56 Å². The second-order valence-electron chi connectivity index (χ2n) is 8.70. The number of aldehydes is 1. The minimum atomic E-state index is 0.189. The number of rotatable bonds is 3. The van der Waals surface area contributed by atoms with E-state index < -0.39 is 0 Å². The van der Waals surface area contributed by atoms with Crippen LogP contribution < -0.4 is 0 Å². The van der Waals surface area contributed by atoms with Gasteiger partial charge in [0.15, 0.2) is 0 Å². The lowest BCUT2D eigenvalue weighted by Gasteiger charge is -2.42. The number of carbonyl (C=O) groups excluding carboxylic acids is 1. The van der Waals surface area contributed by atoms with E-state index in [1.807, 2.05) is 24.3 Å². The lowest BCUT2D eigenvalue weighted by atomic mass is 9.62. The zero-order chi connectivity index (χ0) is 18.4. The summed E-state index contributed by atoms with van der Waals surface area (Å²) in [4.78, 5) is 10.9. The fourth-order valence-corrected chi connectivity index (χ4v) is 3.97.